The van der Waals surface area contributed by atoms with Crippen LogP contribution in [0.4, 0.5) is 0 Å². The molecular formula is C28H28N2O3. The standard InChI is InChI=1S/C28H28N2O3/c1-20-17-26(29-21(2)24(20)15-16-31)25-13-14-27(32-18-22-9-5-3-6-10-22)30-28(25)33-19-23-11-7-4-8-12-23/h3-14,17,31H,15-16,18-19H2,1-2H3. The Balaban J connectivity index is 1.64. The lowest BCUT2D eigenvalue weighted by Crippen LogP contribution is -2.05. The first-order valence-electron chi connectivity index (χ1n) is 11.1. The van der Waals surface area contributed by atoms with Crippen LogP contribution in [0.3, 0.4) is 0 Å². The first-order valence-corrected chi connectivity index (χ1v) is 11.1. The van der Waals surface area contributed by atoms with Crippen LogP contribution < -0.4 is 9.47 Å². The van der Waals surface area contributed by atoms with Crippen molar-refractivity contribution in [2.75, 3.05) is 6.61 Å². The lowest BCUT2D eigenvalue weighted by molar-refractivity contribution is 0.268. The average Bonchev–Trinajstić information content (AvgIpc) is 2.85. The fourth-order valence-corrected chi connectivity index (χ4v) is 3.75. The van der Waals surface area contributed by atoms with Crippen LogP contribution in [0.15, 0.2) is 78.9 Å². The SMILES string of the molecule is Cc1cc(-c2ccc(OCc3ccccc3)nc2OCc2ccccc2)nc(C)c1CCO. The highest BCUT2D eigenvalue weighted by molar-refractivity contribution is 5.67. The summed E-state index contributed by atoms with van der Waals surface area (Å²) in [5.41, 5.74) is 6.78. The molecule has 0 radical (unpaired) electrons. The van der Waals surface area contributed by atoms with Crippen molar-refractivity contribution < 1.29 is 14.6 Å². The molecule has 0 saturated heterocycles. The minimum atomic E-state index is 0.100. The molecule has 0 aliphatic heterocycles. The summed E-state index contributed by atoms with van der Waals surface area (Å²) in [6, 6.07) is 25.8. The van der Waals surface area contributed by atoms with Crippen LogP contribution in [0.1, 0.15) is 27.9 Å². The molecule has 2 heterocycles. The minimum Gasteiger partial charge on any atom is -0.473 e. The quantitative estimate of drug-likeness (QED) is 0.375. The summed E-state index contributed by atoms with van der Waals surface area (Å²) in [4.78, 5) is 9.46. The largest absolute Gasteiger partial charge is 0.473 e. The lowest BCUT2D eigenvalue weighted by atomic mass is 10.0. The van der Waals surface area contributed by atoms with Gasteiger partial charge in [-0.15, -0.1) is 0 Å². The number of hydrogen-bond acceptors (Lipinski definition) is 5. The number of aryl methyl sites for hydroxylation is 2. The molecule has 2 aromatic heterocycles. The van der Waals surface area contributed by atoms with Crippen LogP contribution in [-0.4, -0.2) is 21.7 Å². The highest BCUT2D eigenvalue weighted by atomic mass is 16.5. The molecule has 0 amide bonds. The molecule has 0 saturated carbocycles. The number of aliphatic hydroxyl groups excluding tert-OH is 1. The zero-order valence-electron chi connectivity index (χ0n) is 19.0. The van der Waals surface area contributed by atoms with Gasteiger partial charge in [0.1, 0.15) is 13.2 Å². The summed E-state index contributed by atoms with van der Waals surface area (Å²) in [6.07, 6.45) is 0.590. The topological polar surface area (TPSA) is 64.5 Å². The van der Waals surface area contributed by atoms with E-state index in [1.165, 1.54) is 0 Å². The second-order valence-corrected chi connectivity index (χ2v) is 7.91. The van der Waals surface area contributed by atoms with Crippen LogP contribution in [0.5, 0.6) is 11.8 Å². The Kier molecular flexibility index (Phi) is 7.33. The van der Waals surface area contributed by atoms with Crippen LogP contribution in [0, 0.1) is 13.8 Å². The van der Waals surface area contributed by atoms with E-state index in [4.69, 9.17) is 14.5 Å². The number of rotatable bonds is 9. The molecule has 4 rings (SSSR count). The highest BCUT2D eigenvalue weighted by Gasteiger charge is 2.15. The number of nitrogens with zero attached hydrogens (tertiary/aromatic N) is 2. The van der Waals surface area contributed by atoms with Crippen LogP contribution in [0.25, 0.3) is 11.3 Å². The van der Waals surface area contributed by atoms with Crippen molar-refractivity contribution in [3.63, 3.8) is 0 Å². The van der Waals surface area contributed by atoms with E-state index >= 15 is 0 Å². The minimum absolute atomic E-state index is 0.100. The van der Waals surface area contributed by atoms with Gasteiger partial charge < -0.3 is 14.6 Å². The van der Waals surface area contributed by atoms with E-state index in [9.17, 15) is 5.11 Å². The van der Waals surface area contributed by atoms with Crippen molar-refractivity contribution in [3.8, 4) is 23.0 Å². The first-order chi connectivity index (χ1) is 16.1. The van der Waals surface area contributed by atoms with Gasteiger partial charge in [0.05, 0.1) is 11.3 Å². The van der Waals surface area contributed by atoms with Crippen molar-refractivity contribution in [2.24, 2.45) is 0 Å². The Morgan fingerprint density at radius 3 is 2.00 bits per heavy atom. The molecule has 5 nitrogen and oxygen atoms in total. The smallest absolute Gasteiger partial charge is 0.226 e. The normalized spacial score (nSPS) is 10.8. The molecule has 0 spiro atoms. The van der Waals surface area contributed by atoms with Crippen LogP contribution in [0.2, 0.25) is 0 Å². The van der Waals surface area contributed by atoms with Gasteiger partial charge in [0, 0.05) is 18.4 Å². The van der Waals surface area contributed by atoms with Gasteiger partial charge in [-0.3, -0.25) is 4.98 Å². The summed E-state index contributed by atoms with van der Waals surface area (Å²) in [5, 5.41) is 9.37. The molecule has 0 bridgehead atoms. The molecule has 0 aliphatic rings. The molecule has 0 unspecified atom stereocenters. The predicted octanol–water partition coefficient (Wildman–Crippen LogP) is 5.45. The Labute approximate surface area is 194 Å². The van der Waals surface area contributed by atoms with Crippen LogP contribution >= 0.6 is 0 Å². The zero-order valence-corrected chi connectivity index (χ0v) is 19.0. The lowest BCUT2D eigenvalue weighted by Gasteiger charge is -2.15. The van der Waals surface area contributed by atoms with E-state index in [2.05, 4.69) is 4.98 Å². The molecule has 33 heavy (non-hydrogen) atoms. The second kappa shape index (κ2) is 10.7. The fraction of sp³-hybridized carbons (Fsp3) is 0.214. The van der Waals surface area contributed by atoms with Gasteiger partial charge in [0.2, 0.25) is 11.8 Å². The summed E-state index contributed by atoms with van der Waals surface area (Å²) in [7, 11) is 0. The summed E-state index contributed by atoms with van der Waals surface area (Å²) in [5.74, 6) is 0.974. The molecule has 0 atom stereocenters. The monoisotopic (exact) mass is 440 g/mol. The van der Waals surface area contributed by atoms with Gasteiger partial charge in [0.25, 0.3) is 0 Å². The summed E-state index contributed by atoms with van der Waals surface area (Å²) in [6.45, 7) is 4.93. The molecule has 1 N–H and O–H groups in total. The number of ether oxygens (including phenoxy) is 2. The molecule has 168 valence electrons. The summed E-state index contributed by atoms with van der Waals surface area (Å²) < 4.78 is 12.1. The Hall–Kier alpha value is -3.70. The van der Waals surface area contributed by atoms with E-state index in [0.717, 1.165) is 39.2 Å². The maximum Gasteiger partial charge on any atom is 0.226 e. The molecule has 0 aliphatic carbocycles. The fourth-order valence-electron chi connectivity index (χ4n) is 3.75. The number of aliphatic hydroxyl groups is 1. The van der Waals surface area contributed by atoms with E-state index in [1.807, 2.05) is 92.7 Å². The van der Waals surface area contributed by atoms with Crippen molar-refractivity contribution in [2.45, 2.75) is 33.5 Å². The number of aromatic nitrogens is 2. The van der Waals surface area contributed by atoms with Gasteiger partial charge in [-0.05, 0) is 54.7 Å². The van der Waals surface area contributed by atoms with Crippen molar-refractivity contribution in [1.29, 1.82) is 0 Å². The van der Waals surface area contributed by atoms with E-state index in [0.29, 0.717) is 31.4 Å². The summed E-state index contributed by atoms with van der Waals surface area (Å²) >= 11 is 0. The van der Waals surface area contributed by atoms with Gasteiger partial charge >= 0.3 is 0 Å². The van der Waals surface area contributed by atoms with E-state index < -0.39 is 0 Å². The third-order valence-corrected chi connectivity index (χ3v) is 5.47. The van der Waals surface area contributed by atoms with E-state index in [-0.39, 0.29) is 6.61 Å². The Morgan fingerprint density at radius 2 is 1.39 bits per heavy atom. The number of benzene rings is 2. The molecule has 2 aromatic carbocycles. The predicted molar refractivity (Wildman–Crippen MR) is 129 cm³/mol. The Morgan fingerprint density at radius 1 is 0.758 bits per heavy atom. The molecule has 4 aromatic rings. The van der Waals surface area contributed by atoms with Crippen molar-refractivity contribution in [3.05, 3.63) is 107 Å². The highest BCUT2D eigenvalue weighted by Crippen LogP contribution is 2.32. The maximum absolute atomic E-state index is 9.37. The molecular weight excluding hydrogens is 412 g/mol. The van der Waals surface area contributed by atoms with Gasteiger partial charge in [0.15, 0.2) is 0 Å². The average molecular weight is 441 g/mol. The van der Waals surface area contributed by atoms with Gasteiger partial charge in [-0.1, -0.05) is 60.7 Å². The molecule has 5 heteroatoms. The molecule has 0 fully saturated rings. The number of hydrogen-bond donors (Lipinski definition) is 1. The third-order valence-electron chi connectivity index (χ3n) is 5.47. The zero-order chi connectivity index (χ0) is 23.0. The van der Waals surface area contributed by atoms with Crippen LogP contribution in [-0.2, 0) is 19.6 Å². The maximum atomic E-state index is 9.37. The first kappa shape index (κ1) is 22.5. The number of pyridine rings is 2. The van der Waals surface area contributed by atoms with E-state index in [1.54, 1.807) is 0 Å². The van der Waals surface area contributed by atoms with Crippen molar-refractivity contribution >= 4 is 0 Å². The second-order valence-electron chi connectivity index (χ2n) is 7.91. The van der Waals surface area contributed by atoms with Gasteiger partial charge in [-0.25, -0.2) is 0 Å². The third kappa shape index (κ3) is 5.76. The Bertz CT molecular complexity index is 1170. The van der Waals surface area contributed by atoms with Gasteiger partial charge in [-0.2, -0.15) is 4.98 Å². The van der Waals surface area contributed by atoms with Crippen molar-refractivity contribution in [1.82, 2.24) is 9.97 Å².